The molecule has 1 atom stereocenters. The van der Waals surface area contributed by atoms with E-state index in [-0.39, 0.29) is 12.5 Å². The molecule has 2 aromatic rings. The molecule has 1 fully saturated rings. The van der Waals surface area contributed by atoms with E-state index in [1.165, 1.54) is 4.90 Å². The molecular weight excluding hydrogens is 330 g/mol. The second-order valence-corrected chi connectivity index (χ2v) is 7.66. The van der Waals surface area contributed by atoms with E-state index in [4.69, 9.17) is 4.74 Å². The minimum atomic E-state index is -0.991. The van der Waals surface area contributed by atoms with Gasteiger partial charge in [0.2, 0.25) is 0 Å². The van der Waals surface area contributed by atoms with Crippen LogP contribution in [0.2, 0.25) is 0 Å². The molecule has 2 aliphatic rings. The van der Waals surface area contributed by atoms with E-state index in [0.29, 0.717) is 6.54 Å². The molecule has 1 aliphatic heterocycles. The van der Waals surface area contributed by atoms with Gasteiger partial charge in [0.15, 0.2) is 0 Å². The number of aliphatic carboxylic acids is 1. The summed E-state index contributed by atoms with van der Waals surface area (Å²) in [6, 6.07) is 15.4. The molecule has 4 rings (SSSR count). The van der Waals surface area contributed by atoms with Gasteiger partial charge in [-0.2, -0.15) is 0 Å². The second-order valence-electron chi connectivity index (χ2n) is 7.66. The van der Waals surface area contributed by atoms with Gasteiger partial charge in [-0.15, -0.1) is 0 Å². The van der Waals surface area contributed by atoms with Gasteiger partial charge in [0, 0.05) is 17.9 Å². The van der Waals surface area contributed by atoms with Gasteiger partial charge in [0.1, 0.15) is 12.6 Å². The molecule has 1 aliphatic carbocycles. The van der Waals surface area contributed by atoms with Crippen molar-refractivity contribution < 1.29 is 19.4 Å². The molecular formula is C21H21NO4. The number of carboxylic acid groups (broad SMARTS) is 1. The van der Waals surface area contributed by atoms with Crippen LogP contribution >= 0.6 is 0 Å². The maximum absolute atomic E-state index is 12.4. The fourth-order valence-corrected chi connectivity index (χ4v) is 4.24. The first-order valence-electron chi connectivity index (χ1n) is 8.74. The molecule has 2 aromatic carbocycles. The molecule has 0 radical (unpaired) electrons. The Labute approximate surface area is 152 Å². The number of benzene rings is 2. The van der Waals surface area contributed by atoms with Crippen molar-refractivity contribution in [1.82, 2.24) is 4.90 Å². The fraction of sp³-hybridized carbons (Fsp3) is 0.333. The summed E-state index contributed by atoms with van der Waals surface area (Å²) in [6.45, 7) is 4.29. The first-order chi connectivity index (χ1) is 12.4. The number of ether oxygens (including phenoxy) is 1. The third kappa shape index (κ3) is 2.46. The Morgan fingerprint density at radius 2 is 1.62 bits per heavy atom. The number of carbonyl (C=O) groups is 2. The summed E-state index contributed by atoms with van der Waals surface area (Å²) in [5, 5.41) is 9.38. The largest absolute Gasteiger partial charge is 0.480 e. The molecule has 5 heteroatoms. The SMILES string of the molecule is CC1(C)CN(C(=O)OCC2c3ccccc3-c3ccccc32)[C@@H]1C(=O)O. The lowest BCUT2D eigenvalue weighted by molar-refractivity contribution is -0.158. The summed E-state index contributed by atoms with van der Waals surface area (Å²) in [7, 11) is 0. The van der Waals surface area contributed by atoms with Crippen molar-refractivity contribution in [3.8, 4) is 11.1 Å². The molecule has 134 valence electrons. The van der Waals surface area contributed by atoms with Crippen LogP contribution in [0.4, 0.5) is 4.79 Å². The van der Waals surface area contributed by atoms with Gasteiger partial charge in [-0.25, -0.2) is 9.59 Å². The van der Waals surface area contributed by atoms with Crippen molar-refractivity contribution in [3.05, 3.63) is 59.7 Å². The molecule has 0 spiro atoms. The molecule has 0 unspecified atom stereocenters. The third-order valence-corrected chi connectivity index (χ3v) is 5.43. The molecule has 1 N–H and O–H groups in total. The number of hydrogen-bond donors (Lipinski definition) is 1. The summed E-state index contributed by atoms with van der Waals surface area (Å²) in [5.74, 6) is -1.02. The van der Waals surface area contributed by atoms with E-state index in [2.05, 4.69) is 24.3 Å². The van der Waals surface area contributed by atoms with Crippen molar-refractivity contribution >= 4 is 12.1 Å². The smallest absolute Gasteiger partial charge is 0.410 e. The van der Waals surface area contributed by atoms with Gasteiger partial charge in [-0.1, -0.05) is 62.4 Å². The maximum Gasteiger partial charge on any atom is 0.410 e. The van der Waals surface area contributed by atoms with Gasteiger partial charge in [-0.05, 0) is 22.3 Å². The van der Waals surface area contributed by atoms with Crippen molar-refractivity contribution in [1.29, 1.82) is 0 Å². The zero-order chi connectivity index (χ0) is 18.5. The van der Waals surface area contributed by atoms with Gasteiger partial charge >= 0.3 is 12.1 Å². The topological polar surface area (TPSA) is 66.8 Å². The summed E-state index contributed by atoms with van der Waals surface area (Å²) >= 11 is 0. The van der Waals surface area contributed by atoms with Gasteiger partial charge in [0.05, 0.1) is 0 Å². The summed E-state index contributed by atoms with van der Waals surface area (Å²) < 4.78 is 5.54. The van der Waals surface area contributed by atoms with Crippen molar-refractivity contribution in [3.63, 3.8) is 0 Å². The van der Waals surface area contributed by atoms with Crippen LogP contribution in [0.15, 0.2) is 48.5 Å². The Morgan fingerprint density at radius 1 is 1.08 bits per heavy atom. The van der Waals surface area contributed by atoms with Crippen molar-refractivity contribution in [2.24, 2.45) is 5.41 Å². The average molecular weight is 351 g/mol. The summed E-state index contributed by atoms with van der Waals surface area (Å²) in [4.78, 5) is 25.2. The minimum Gasteiger partial charge on any atom is -0.480 e. The monoisotopic (exact) mass is 351 g/mol. The number of amides is 1. The first-order valence-corrected chi connectivity index (χ1v) is 8.74. The zero-order valence-corrected chi connectivity index (χ0v) is 14.8. The van der Waals surface area contributed by atoms with Gasteiger partial charge in [-0.3, -0.25) is 4.90 Å². The first kappa shape index (κ1) is 16.6. The Bertz CT molecular complexity index is 844. The Kier molecular flexibility index (Phi) is 3.75. The molecule has 1 saturated heterocycles. The zero-order valence-electron chi connectivity index (χ0n) is 14.8. The Hall–Kier alpha value is -2.82. The Morgan fingerprint density at radius 3 is 2.12 bits per heavy atom. The van der Waals surface area contributed by atoms with E-state index >= 15 is 0 Å². The van der Waals surface area contributed by atoms with Gasteiger partial charge in [0.25, 0.3) is 0 Å². The standard InChI is InChI=1S/C21H21NO4/c1-21(2)12-22(18(21)19(23)24)20(25)26-11-17-15-9-5-3-7-13(15)14-8-4-6-10-16(14)17/h3-10,17-18H,11-12H2,1-2H3,(H,23,24)/t18-/m1/s1. The van der Waals surface area contributed by atoms with Crippen LogP contribution in [0.5, 0.6) is 0 Å². The number of likely N-dealkylation sites (tertiary alicyclic amines) is 1. The number of fused-ring (bicyclic) bond motifs is 3. The molecule has 0 aromatic heterocycles. The van der Waals surface area contributed by atoms with Crippen LogP contribution in [0, 0.1) is 5.41 Å². The molecule has 0 saturated carbocycles. The normalized spacial score (nSPS) is 20.1. The van der Waals surface area contributed by atoms with Crippen LogP contribution in [0.25, 0.3) is 11.1 Å². The third-order valence-electron chi connectivity index (χ3n) is 5.43. The average Bonchev–Trinajstić information content (AvgIpc) is 2.91. The predicted octanol–water partition coefficient (Wildman–Crippen LogP) is 3.73. The number of hydrogen-bond acceptors (Lipinski definition) is 3. The van der Waals surface area contributed by atoms with Crippen LogP contribution < -0.4 is 0 Å². The quantitative estimate of drug-likeness (QED) is 0.915. The van der Waals surface area contributed by atoms with E-state index in [1.807, 2.05) is 38.1 Å². The van der Waals surface area contributed by atoms with Crippen molar-refractivity contribution in [2.75, 3.05) is 13.2 Å². The maximum atomic E-state index is 12.4. The number of carboxylic acids is 1. The lowest BCUT2D eigenvalue weighted by Crippen LogP contribution is -2.67. The second kappa shape index (κ2) is 5.87. The van der Waals surface area contributed by atoms with Crippen LogP contribution in [0.3, 0.4) is 0 Å². The highest BCUT2D eigenvalue weighted by Crippen LogP contribution is 2.45. The molecule has 0 bridgehead atoms. The lowest BCUT2D eigenvalue weighted by atomic mass is 9.75. The number of rotatable bonds is 3. The number of carbonyl (C=O) groups excluding carboxylic acids is 1. The minimum absolute atomic E-state index is 0.0242. The van der Waals surface area contributed by atoms with Crippen LogP contribution in [0.1, 0.15) is 30.9 Å². The highest BCUT2D eigenvalue weighted by atomic mass is 16.6. The molecule has 1 amide bonds. The summed E-state index contributed by atoms with van der Waals surface area (Å²) in [6.07, 6.45) is -0.557. The van der Waals surface area contributed by atoms with Crippen LogP contribution in [-0.2, 0) is 9.53 Å². The van der Waals surface area contributed by atoms with E-state index in [0.717, 1.165) is 22.3 Å². The molecule has 26 heavy (non-hydrogen) atoms. The highest BCUT2D eigenvalue weighted by Gasteiger charge is 2.53. The fourth-order valence-electron chi connectivity index (χ4n) is 4.24. The van der Waals surface area contributed by atoms with Crippen LogP contribution in [-0.4, -0.2) is 41.3 Å². The van der Waals surface area contributed by atoms with E-state index in [1.54, 1.807) is 0 Å². The van der Waals surface area contributed by atoms with E-state index in [9.17, 15) is 14.7 Å². The summed E-state index contributed by atoms with van der Waals surface area (Å²) in [5.41, 5.74) is 4.17. The highest BCUT2D eigenvalue weighted by molar-refractivity contribution is 5.83. The molecule has 1 heterocycles. The Balaban J connectivity index is 1.52. The van der Waals surface area contributed by atoms with E-state index < -0.39 is 23.5 Å². The predicted molar refractivity (Wildman–Crippen MR) is 97.0 cm³/mol. The number of nitrogens with zero attached hydrogens (tertiary/aromatic N) is 1. The lowest BCUT2D eigenvalue weighted by Gasteiger charge is -2.50. The molecule has 5 nitrogen and oxygen atoms in total. The van der Waals surface area contributed by atoms with Crippen molar-refractivity contribution in [2.45, 2.75) is 25.8 Å². The van der Waals surface area contributed by atoms with Gasteiger partial charge < -0.3 is 9.84 Å².